The lowest BCUT2D eigenvalue weighted by atomic mass is 9.92. The monoisotopic (exact) mass is 384 g/mol. The van der Waals surface area contributed by atoms with Crippen LogP contribution in [0.3, 0.4) is 0 Å². The summed E-state index contributed by atoms with van der Waals surface area (Å²) in [4.78, 5) is 4.46. The minimum Gasteiger partial charge on any atom is -0.497 e. The molecule has 0 amide bonds. The fourth-order valence-corrected chi connectivity index (χ4v) is 3.98. The topological polar surface area (TPSA) is 34.1 Å². The maximum atomic E-state index is 5.25. The van der Waals surface area contributed by atoms with Gasteiger partial charge in [0.2, 0.25) is 0 Å². The van der Waals surface area contributed by atoms with Crippen molar-refractivity contribution in [3.05, 3.63) is 90.3 Å². The Hall–Kier alpha value is -2.91. The Balaban J connectivity index is 1.32. The smallest absolute Gasteiger partial charge is 0.118 e. The first kappa shape index (κ1) is 19.4. The third-order valence-corrected chi connectivity index (χ3v) is 5.60. The highest BCUT2D eigenvalue weighted by Crippen LogP contribution is 2.25. The summed E-state index contributed by atoms with van der Waals surface area (Å²) in [6.45, 7) is 0.962. The highest BCUT2D eigenvalue weighted by atomic mass is 16.5. The lowest BCUT2D eigenvalue weighted by Gasteiger charge is -2.24. The van der Waals surface area contributed by atoms with E-state index in [9.17, 15) is 0 Å². The zero-order valence-electron chi connectivity index (χ0n) is 17.0. The van der Waals surface area contributed by atoms with Crippen molar-refractivity contribution in [2.24, 2.45) is 0 Å². The molecule has 2 aromatic carbocycles. The summed E-state index contributed by atoms with van der Waals surface area (Å²) in [6, 6.07) is 21.7. The van der Waals surface area contributed by atoms with E-state index in [0.717, 1.165) is 37.1 Å². The average Bonchev–Trinajstić information content (AvgIpc) is 2.80. The molecule has 0 fully saturated rings. The van der Waals surface area contributed by atoms with Gasteiger partial charge in [0.25, 0.3) is 0 Å². The van der Waals surface area contributed by atoms with Crippen LogP contribution in [0.15, 0.2) is 79.1 Å². The molecule has 1 aromatic heterocycles. The van der Waals surface area contributed by atoms with E-state index >= 15 is 0 Å². The first-order valence-corrected chi connectivity index (χ1v) is 10.4. The Bertz CT molecular complexity index is 948. The molecular formula is C26H28N2O. The second kappa shape index (κ2) is 9.53. The van der Waals surface area contributed by atoms with Gasteiger partial charge in [0.05, 0.1) is 7.11 Å². The number of aryl methyl sites for hydroxylation is 1. The molecule has 148 valence electrons. The molecule has 3 aromatic rings. The quantitative estimate of drug-likeness (QED) is 0.582. The second-order valence-electron chi connectivity index (χ2n) is 7.61. The molecule has 1 unspecified atom stereocenters. The zero-order chi connectivity index (χ0) is 19.9. The molecule has 0 spiro atoms. The molecule has 4 rings (SSSR count). The highest BCUT2D eigenvalue weighted by Gasteiger charge is 2.15. The van der Waals surface area contributed by atoms with Crippen LogP contribution < -0.4 is 10.1 Å². The predicted octanol–water partition coefficient (Wildman–Crippen LogP) is 5.53. The molecule has 29 heavy (non-hydrogen) atoms. The van der Waals surface area contributed by atoms with Gasteiger partial charge in [-0.3, -0.25) is 4.98 Å². The first-order valence-electron chi connectivity index (χ1n) is 10.4. The van der Waals surface area contributed by atoms with E-state index in [0.29, 0.717) is 6.04 Å². The third kappa shape index (κ3) is 5.12. The van der Waals surface area contributed by atoms with E-state index in [1.807, 2.05) is 24.5 Å². The second-order valence-corrected chi connectivity index (χ2v) is 7.61. The van der Waals surface area contributed by atoms with Crippen molar-refractivity contribution in [2.75, 3.05) is 13.7 Å². The van der Waals surface area contributed by atoms with Gasteiger partial charge in [0.15, 0.2) is 0 Å². The van der Waals surface area contributed by atoms with Gasteiger partial charge in [-0.2, -0.15) is 0 Å². The minimum absolute atomic E-state index is 0.549. The van der Waals surface area contributed by atoms with Gasteiger partial charge >= 0.3 is 0 Å². The van der Waals surface area contributed by atoms with Crippen LogP contribution in [0.4, 0.5) is 0 Å². The van der Waals surface area contributed by atoms with E-state index in [2.05, 4.69) is 64.9 Å². The Morgan fingerprint density at radius 2 is 1.79 bits per heavy atom. The van der Waals surface area contributed by atoms with Crippen molar-refractivity contribution in [1.29, 1.82) is 0 Å². The maximum absolute atomic E-state index is 5.25. The number of rotatable bonds is 7. The Morgan fingerprint density at radius 3 is 2.59 bits per heavy atom. The zero-order valence-corrected chi connectivity index (χ0v) is 17.0. The van der Waals surface area contributed by atoms with E-state index in [4.69, 9.17) is 4.74 Å². The molecule has 1 atom stereocenters. The molecule has 3 heteroatoms. The van der Waals surface area contributed by atoms with Crippen LogP contribution in [-0.4, -0.2) is 24.7 Å². The summed E-state index contributed by atoms with van der Waals surface area (Å²) in [5.41, 5.74) is 6.46. The van der Waals surface area contributed by atoms with Crippen molar-refractivity contribution >= 4 is 5.57 Å². The SMILES string of the molecule is COc1ccc(-c2cncc(CCCC3CC(c4ccccc4)=CCN3)c2)cc1. The summed E-state index contributed by atoms with van der Waals surface area (Å²) in [6.07, 6.45) is 10.8. The third-order valence-electron chi connectivity index (χ3n) is 5.60. The fourth-order valence-electron chi connectivity index (χ4n) is 3.98. The molecule has 2 heterocycles. The predicted molar refractivity (Wildman–Crippen MR) is 120 cm³/mol. The Morgan fingerprint density at radius 1 is 0.966 bits per heavy atom. The maximum Gasteiger partial charge on any atom is 0.118 e. The summed E-state index contributed by atoms with van der Waals surface area (Å²) < 4.78 is 5.25. The molecule has 0 radical (unpaired) electrons. The summed E-state index contributed by atoms with van der Waals surface area (Å²) in [5.74, 6) is 0.877. The van der Waals surface area contributed by atoms with Gasteiger partial charge in [-0.1, -0.05) is 48.5 Å². The highest BCUT2D eigenvalue weighted by molar-refractivity contribution is 5.67. The van der Waals surface area contributed by atoms with Crippen LogP contribution in [0, 0.1) is 0 Å². The van der Waals surface area contributed by atoms with Crippen molar-refractivity contribution < 1.29 is 4.74 Å². The van der Waals surface area contributed by atoms with Crippen molar-refractivity contribution in [2.45, 2.75) is 31.7 Å². The van der Waals surface area contributed by atoms with Gasteiger partial charge in [-0.25, -0.2) is 0 Å². The Kier molecular flexibility index (Phi) is 6.38. The molecule has 1 N–H and O–H groups in total. The minimum atomic E-state index is 0.549. The number of pyridine rings is 1. The molecule has 0 bridgehead atoms. The first-order chi connectivity index (χ1) is 14.3. The van der Waals surface area contributed by atoms with Crippen LogP contribution in [0.1, 0.15) is 30.4 Å². The van der Waals surface area contributed by atoms with Crippen LogP contribution >= 0.6 is 0 Å². The van der Waals surface area contributed by atoms with Crippen LogP contribution in [-0.2, 0) is 6.42 Å². The van der Waals surface area contributed by atoms with Gasteiger partial charge in [0, 0.05) is 30.5 Å². The number of nitrogens with zero attached hydrogens (tertiary/aromatic N) is 1. The summed E-state index contributed by atoms with van der Waals surface area (Å²) >= 11 is 0. The lowest BCUT2D eigenvalue weighted by molar-refractivity contribution is 0.415. The normalized spacial score (nSPS) is 16.3. The number of nitrogens with one attached hydrogen (secondary N) is 1. The van der Waals surface area contributed by atoms with E-state index in [1.54, 1.807) is 7.11 Å². The average molecular weight is 385 g/mol. The fraction of sp³-hybridized carbons (Fsp3) is 0.269. The van der Waals surface area contributed by atoms with Crippen molar-refractivity contribution in [3.63, 3.8) is 0 Å². The van der Waals surface area contributed by atoms with Gasteiger partial charge in [0.1, 0.15) is 5.75 Å². The molecule has 1 aliphatic heterocycles. The molecular weight excluding hydrogens is 356 g/mol. The largest absolute Gasteiger partial charge is 0.497 e. The van der Waals surface area contributed by atoms with E-state index in [1.165, 1.54) is 28.7 Å². The van der Waals surface area contributed by atoms with E-state index < -0.39 is 0 Å². The van der Waals surface area contributed by atoms with Crippen molar-refractivity contribution in [3.8, 4) is 16.9 Å². The van der Waals surface area contributed by atoms with Crippen LogP contribution in [0.2, 0.25) is 0 Å². The van der Waals surface area contributed by atoms with Gasteiger partial charge in [-0.15, -0.1) is 0 Å². The van der Waals surface area contributed by atoms with Gasteiger partial charge < -0.3 is 10.1 Å². The van der Waals surface area contributed by atoms with Crippen LogP contribution in [0.25, 0.3) is 16.7 Å². The summed E-state index contributed by atoms with van der Waals surface area (Å²) in [7, 11) is 1.69. The number of hydrogen-bond donors (Lipinski definition) is 1. The number of aromatic nitrogens is 1. The molecule has 0 aliphatic carbocycles. The Labute approximate surface area is 173 Å². The standard InChI is InChI=1S/C26H28N2O/c1-29-26-12-10-22(11-13-26)24-16-20(18-27-19-24)6-5-9-25-17-23(14-15-28-25)21-7-3-2-4-8-21/h2-4,7-8,10-14,16,18-19,25,28H,5-6,9,15,17H2,1H3. The molecule has 0 saturated heterocycles. The number of benzene rings is 2. The number of ether oxygens (including phenoxy) is 1. The lowest BCUT2D eigenvalue weighted by Crippen LogP contribution is -2.32. The molecule has 3 nitrogen and oxygen atoms in total. The van der Waals surface area contributed by atoms with Crippen LogP contribution in [0.5, 0.6) is 5.75 Å². The van der Waals surface area contributed by atoms with Crippen molar-refractivity contribution in [1.82, 2.24) is 10.3 Å². The number of methoxy groups -OCH3 is 1. The summed E-state index contributed by atoms with van der Waals surface area (Å²) in [5, 5.41) is 3.65. The molecule has 0 saturated carbocycles. The van der Waals surface area contributed by atoms with E-state index in [-0.39, 0.29) is 0 Å². The van der Waals surface area contributed by atoms with Gasteiger partial charge in [-0.05, 0) is 66.1 Å². The molecule has 1 aliphatic rings. The number of hydrogen-bond acceptors (Lipinski definition) is 3.